The molecule has 10 nitrogen and oxygen atoms in total. The predicted octanol–water partition coefficient (Wildman–Crippen LogP) is 4.46. The molecule has 5 atom stereocenters. The Morgan fingerprint density at radius 1 is 1.13 bits per heavy atom. The molecule has 15 heteroatoms. The molecule has 4 aliphatic rings. The Bertz CT molecular complexity index is 1670. The molecule has 0 unspecified atom stereocenters. The van der Waals surface area contributed by atoms with Gasteiger partial charge in [0.1, 0.15) is 35.1 Å². The number of fused-ring (bicyclic) bond motifs is 3. The molecule has 0 saturated carbocycles. The second-order valence-electron chi connectivity index (χ2n) is 12.5. The second-order valence-corrected chi connectivity index (χ2v) is 12.5. The number of morpholine rings is 1. The molecule has 2 aromatic heterocycles. The molecule has 0 aliphatic carbocycles. The lowest BCUT2D eigenvalue weighted by Crippen LogP contribution is -2.62. The van der Waals surface area contributed by atoms with Crippen LogP contribution in [0.25, 0.3) is 22.2 Å². The lowest BCUT2D eigenvalue weighted by Gasteiger charge is -2.43. The fourth-order valence-electron chi connectivity index (χ4n) is 7.65. The van der Waals surface area contributed by atoms with Gasteiger partial charge in [0, 0.05) is 37.8 Å². The second kappa shape index (κ2) is 11.6. The van der Waals surface area contributed by atoms with Crippen LogP contribution in [0.1, 0.15) is 44.2 Å². The van der Waals surface area contributed by atoms with Crippen molar-refractivity contribution in [1.29, 1.82) is 0 Å². The maximum Gasteiger partial charge on any atom is 0.417 e. The molecule has 46 heavy (non-hydrogen) atoms. The van der Waals surface area contributed by atoms with Gasteiger partial charge < -0.3 is 30.2 Å². The quantitative estimate of drug-likeness (QED) is 0.304. The number of nitrogens with one attached hydrogen (secondary N) is 1. The maximum atomic E-state index is 16.7. The van der Waals surface area contributed by atoms with Gasteiger partial charge in [-0.15, -0.1) is 0 Å². The Morgan fingerprint density at radius 3 is 2.70 bits per heavy atom. The fourth-order valence-corrected chi connectivity index (χ4v) is 7.65. The minimum atomic E-state index is -5.04. The number of anilines is 2. The third-order valence-electron chi connectivity index (χ3n) is 9.72. The van der Waals surface area contributed by atoms with E-state index >= 15 is 8.78 Å². The number of nitrogens with zero attached hydrogens (tertiary/aromatic N) is 5. The van der Waals surface area contributed by atoms with Gasteiger partial charge in [-0.3, -0.25) is 4.90 Å². The molecule has 3 fully saturated rings. The van der Waals surface area contributed by atoms with Gasteiger partial charge >= 0.3 is 12.2 Å². The van der Waals surface area contributed by atoms with E-state index in [1.165, 1.54) is 0 Å². The third-order valence-corrected chi connectivity index (χ3v) is 9.72. The first kappa shape index (κ1) is 31.1. The Morgan fingerprint density at radius 2 is 1.93 bits per heavy atom. The summed E-state index contributed by atoms with van der Waals surface area (Å²) in [5, 5.41) is 3.57. The Labute approximate surface area is 262 Å². The Hall–Kier alpha value is -3.56. The molecular weight excluding hydrogens is 613 g/mol. The smallest absolute Gasteiger partial charge is 0.417 e. The number of halogens is 5. The zero-order chi connectivity index (χ0) is 32.5. The van der Waals surface area contributed by atoms with Crippen molar-refractivity contribution < 1.29 is 36.2 Å². The van der Waals surface area contributed by atoms with Gasteiger partial charge in [-0.05, 0) is 44.7 Å². The van der Waals surface area contributed by atoms with Gasteiger partial charge in [0.25, 0.3) is 0 Å². The molecule has 0 spiro atoms. The largest absolute Gasteiger partial charge is 0.472 e. The number of alkyl halides is 3. The van der Waals surface area contributed by atoms with Crippen LogP contribution in [0.15, 0.2) is 6.07 Å². The number of benzene rings is 1. The minimum absolute atomic E-state index is 0.0423. The van der Waals surface area contributed by atoms with Crippen molar-refractivity contribution in [2.75, 3.05) is 50.1 Å². The third kappa shape index (κ3) is 5.07. The number of pyridine rings is 1. The molecule has 3 N–H and O–H groups in total. The van der Waals surface area contributed by atoms with Gasteiger partial charge in [0.05, 0.1) is 36.1 Å². The van der Waals surface area contributed by atoms with Crippen LogP contribution in [0.3, 0.4) is 0 Å². The van der Waals surface area contributed by atoms with E-state index in [0.29, 0.717) is 38.2 Å². The van der Waals surface area contributed by atoms with Crippen molar-refractivity contribution in [3.05, 3.63) is 28.8 Å². The summed E-state index contributed by atoms with van der Waals surface area (Å²) in [6, 6.07) is 0.772. The average molecular weight is 650 g/mol. The van der Waals surface area contributed by atoms with Crippen LogP contribution in [-0.4, -0.2) is 89.6 Å². The highest BCUT2D eigenvalue weighted by molar-refractivity contribution is 5.97. The number of piperazine rings is 1. The average Bonchev–Trinajstić information content (AvgIpc) is 3.39. The first-order valence-electron chi connectivity index (χ1n) is 15.7. The van der Waals surface area contributed by atoms with E-state index in [0.717, 1.165) is 38.8 Å². The van der Waals surface area contributed by atoms with Crippen molar-refractivity contribution in [3.8, 4) is 23.1 Å². The van der Waals surface area contributed by atoms with Crippen molar-refractivity contribution in [3.63, 3.8) is 0 Å². The highest BCUT2D eigenvalue weighted by Gasteiger charge is 2.44. The summed E-state index contributed by atoms with van der Waals surface area (Å²) in [5.41, 5.74) is 1.08. The molecule has 3 aromatic rings. The lowest BCUT2D eigenvalue weighted by molar-refractivity contribution is -0.137. The lowest BCUT2D eigenvalue weighted by atomic mass is 9.95. The number of hydrogen-bond donors (Lipinski definition) is 2. The van der Waals surface area contributed by atoms with E-state index in [4.69, 9.17) is 24.9 Å². The number of aryl methyl sites for hydroxylation is 1. The standard InChI is InChI=1S/C31H36F5N7O3/c1-4-19-27-15(3)46-29-21-26(24(33)25(39-29)20-22(31(34,35)36)14(2)11-18(37)23(20)32)40-30(41-28(21)43(27)8-7-38-19)45-13-17-6-5-16-12-44-10-9-42(16)17/h11,15-17,19,27,38H,4-10,12-13,37H2,1-3H3/t15-,16-,17-,19-,27+/m0/s1. The molecule has 3 saturated heterocycles. The molecule has 0 bridgehead atoms. The van der Waals surface area contributed by atoms with Crippen LogP contribution in [-0.2, 0) is 10.9 Å². The van der Waals surface area contributed by atoms with Crippen molar-refractivity contribution in [2.24, 2.45) is 0 Å². The number of aromatic nitrogens is 3. The number of nitrogen functional groups attached to an aromatic ring is 1. The molecule has 4 aliphatic heterocycles. The van der Waals surface area contributed by atoms with E-state index in [-0.39, 0.29) is 53.1 Å². The van der Waals surface area contributed by atoms with Crippen LogP contribution >= 0.6 is 0 Å². The summed E-state index contributed by atoms with van der Waals surface area (Å²) in [6.45, 7) is 8.33. The van der Waals surface area contributed by atoms with Gasteiger partial charge in [0.2, 0.25) is 5.88 Å². The SMILES string of the molecule is CC[C@@H]1NCCN2c3nc(OC[C@@H]4CC[C@H]5COCCN54)nc4c(F)c(-c5c(F)c(N)cc(C)c5C(F)(F)F)nc(c34)O[C@@H](C)[C@H]12. The van der Waals surface area contributed by atoms with Crippen molar-refractivity contribution in [2.45, 2.75) is 76.5 Å². The van der Waals surface area contributed by atoms with Gasteiger partial charge in [-0.1, -0.05) is 6.92 Å². The zero-order valence-corrected chi connectivity index (χ0v) is 25.8. The molecule has 7 rings (SSSR count). The Kier molecular flexibility index (Phi) is 7.83. The summed E-state index contributed by atoms with van der Waals surface area (Å²) < 4.78 is 93.6. The highest BCUT2D eigenvalue weighted by atomic mass is 19.4. The number of nitrogens with two attached hydrogens (primary N) is 1. The number of hydrogen-bond acceptors (Lipinski definition) is 10. The summed E-state index contributed by atoms with van der Waals surface area (Å²) in [6.07, 6.45) is -3.03. The monoisotopic (exact) mass is 649 g/mol. The topological polar surface area (TPSA) is 111 Å². The van der Waals surface area contributed by atoms with Gasteiger partial charge in [0.15, 0.2) is 11.6 Å². The molecular formula is C31H36F5N7O3. The molecule has 0 radical (unpaired) electrons. The Balaban J connectivity index is 1.42. The summed E-state index contributed by atoms with van der Waals surface area (Å²) in [5.74, 6) is -2.58. The predicted molar refractivity (Wildman–Crippen MR) is 160 cm³/mol. The van der Waals surface area contributed by atoms with E-state index in [2.05, 4.69) is 20.2 Å². The summed E-state index contributed by atoms with van der Waals surface area (Å²) in [4.78, 5) is 17.7. The van der Waals surface area contributed by atoms with Crippen molar-refractivity contribution >= 4 is 22.4 Å². The minimum Gasteiger partial charge on any atom is -0.472 e. The first-order chi connectivity index (χ1) is 22.0. The van der Waals surface area contributed by atoms with Crippen LogP contribution in [0.5, 0.6) is 11.9 Å². The summed E-state index contributed by atoms with van der Waals surface area (Å²) in [7, 11) is 0. The van der Waals surface area contributed by atoms with Crippen LogP contribution < -0.4 is 25.4 Å². The van der Waals surface area contributed by atoms with E-state index in [1.54, 1.807) is 0 Å². The maximum absolute atomic E-state index is 16.7. The first-order valence-corrected chi connectivity index (χ1v) is 15.7. The van der Waals surface area contributed by atoms with E-state index in [9.17, 15) is 13.2 Å². The van der Waals surface area contributed by atoms with Crippen LogP contribution in [0.2, 0.25) is 0 Å². The van der Waals surface area contributed by atoms with Crippen LogP contribution in [0, 0.1) is 18.6 Å². The van der Waals surface area contributed by atoms with E-state index < -0.39 is 46.4 Å². The van der Waals surface area contributed by atoms with E-state index in [1.807, 2.05) is 18.7 Å². The summed E-state index contributed by atoms with van der Waals surface area (Å²) >= 11 is 0. The normalized spacial score (nSPS) is 26.4. The highest BCUT2D eigenvalue weighted by Crippen LogP contribution is 2.47. The number of ether oxygens (including phenoxy) is 3. The van der Waals surface area contributed by atoms with Crippen molar-refractivity contribution in [1.82, 2.24) is 25.2 Å². The zero-order valence-electron chi connectivity index (χ0n) is 25.8. The molecule has 1 aromatic carbocycles. The van der Waals surface area contributed by atoms with Gasteiger partial charge in [-0.2, -0.15) is 23.1 Å². The van der Waals surface area contributed by atoms with Gasteiger partial charge in [-0.25, -0.2) is 13.8 Å². The number of rotatable bonds is 5. The molecule has 0 amide bonds. The molecule has 248 valence electrons. The molecule has 6 heterocycles. The van der Waals surface area contributed by atoms with Crippen LogP contribution in [0.4, 0.5) is 33.5 Å². The fraction of sp³-hybridized carbons (Fsp3) is 0.581.